The Kier molecular flexibility index (Phi) is 9.52. The first-order chi connectivity index (χ1) is 26.2. The van der Waals surface area contributed by atoms with Crippen molar-refractivity contribution in [1.29, 1.82) is 0 Å². The van der Waals surface area contributed by atoms with E-state index in [1.165, 1.54) is 18.2 Å². The number of rotatable bonds is 7. The summed E-state index contributed by atoms with van der Waals surface area (Å²) in [6, 6.07) is 49.3. The number of fused-ring (bicyclic) bond motifs is 4. The maximum atomic E-state index is 15.4. The fraction of sp³-hybridized carbons (Fsp3) is 0.106. The second kappa shape index (κ2) is 14.5. The summed E-state index contributed by atoms with van der Waals surface area (Å²) in [5.74, 6) is 0.466. The molecule has 6 aromatic carbocycles. The number of nitrogens with zero attached hydrogens (tertiary/aromatic N) is 4. The van der Waals surface area contributed by atoms with E-state index in [-0.39, 0.29) is 32.2 Å². The Morgan fingerprint density at radius 2 is 1.44 bits per heavy atom. The fourth-order valence-corrected chi connectivity index (χ4v) is 7.19. The molecule has 3 heterocycles. The fourth-order valence-electron chi connectivity index (χ4n) is 7.19. The number of para-hydroxylation sites is 2. The number of aromatic nitrogens is 2. The number of ether oxygens (including phenoxy) is 1. The van der Waals surface area contributed by atoms with Crippen LogP contribution in [-0.4, -0.2) is 9.55 Å². The molecule has 0 saturated carbocycles. The standard InChI is InChI=1S/C47H35F2N4O.Pt/c1-47(2,3)33-19-22-42-44(27-33)52(46-39(48)15-11-16-40(46)49)30-51(42)34-25-32(24-31-12-5-4-6-13-31)26-36(28-34)54-35-20-21-38-37-14-7-8-17-41(37)53(43(38)29-35)45-18-9-10-23-50-45;/h4-23,25-27,30H,24H2,1-3H3;/q-3;. The zero-order valence-corrected chi connectivity index (χ0v) is 32.6. The second-order valence-corrected chi connectivity index (χ2v) is 14.5. The van der Waals surface area contributed by atoms with Crippen molar-refractivity contribution in [2.75, 3.05) is 9.80 Å². The molecule has 5 nitrogen and oxygen atoms in total. The molecule has 0 N–H and O–H groups in total. The molecule has 0 radical (unpaired) electrons. The molecule has 0 bridgehead atoms. The molecule has 0 aliphatic carbocycles. The van der Waals surface area contributed by atoms with E-state index in [0.717, 1.165) is 50.0 Å². The Labute approximate surface area is 333 Å². The third-order valence-corrected chi connectivity index (χ3v) is 9.83. The van der Waals surface area contributed by atoms with Gasteiger partial charge in [0, 0.05) is 55.7 Å². The smallest absolute Gasteiger partial charge is 0.147 e. The molecule has 0 amide bonds. The quantitative estimate of drug-likeness (QED) is 0.149. The SMILES string of the molecule is CC(C)(C)c1ccc2c(c1)N(c1c(F)cccc1F)[CH-]N2c1[c-]c(Oc2[c-]c3c(cc2)c2ccccc2n3-c2ccccn2)cc(Cc2ccccc2)c1.[Pt]. The van der Waals surface area contributed by atoms with Crippen LogP contribution in [0.3, 0.4) is 0 Å². The minimum Gasteiger partial charge on any atom is -0.509 e. The van der Waals surface area contributed by atoms with E-state index in [1.54, 1.807) is 17.8 Å². The molecule has 0 spiro atoms. The molecule has 9 rings (SSSR count). The second-order valence-electron chi connectivity index (χ2n) is 14.5. The van der Waals surface area contributed by atoms with Crippen LogP contribution in [-0.2, 0) is 32.9 Å². The number of anilines is 4. The van der Waals surface area contributed by atoms with Crippen molar-refractivity contribution >= 4 is 44.6 Å². The summed E-state index contributed by atoms with van der Waals surface area (Å²) >= 11 is 0. The molecule has 2 aromatic heterocycles. The number of hydrogen-bond donors (Lipinski definition) is 0. The molecular weight excluding hydrogens is 870 g/mol. The van der Waals surface area contributed by atoms with Crippen LogP contribution < -0.4 is 14.5 Å². The Hall–Kier alpha value is -5.78. The average molecular weight is 905 g/mol. The number of halogens is 2. The van der Waals surface area contributed by atoms with E-state index in [0.29, 0.717) is 29.3 Å². The van der Waals surface area contributed by atoms with Gasteiger partial charge in [0.2, 0.25) is 0 Å². The van der Waals surface area contributed by atoms with E-state index >= 15 is 8.78 Å². The van der Waals surface area contributed by atoms with Crippen LogP contribution in [0.25, 0.3) is 27.6 Å². The van der Waals surface area contributed by atoms with E-state index < -0.39 is 11.6 Å². The molecule has 0 atom stereocenters. The topological polar surface area (TPSA) is 33.5 Å². The maximum absolute atomic E-state index is 15.4. The summed E-state index contributed by atoms with van der Waals surface area (Å²) in [5.41, 5.74) is 6.76. The molecule has 0 fully saturated rings. The van der Waals surface area contributed by atoms with Gasteiger partial charge in [-0.25, -0.2) is 13.8 Å². The summed E-state index contributed by atoms with van der Waals surface area (Å²) in [6.45, 7) is 8.08. The van der Waals surface area contributed by atoms with Crippen molar-refractivity contribution in [1.82, 2.24) is 9.55 Å². The predicted molar refractivity (Wildman–Crippen MR) is 212 cm³/mol. The average Bonchev–Trinajstić information content (AvgIpc) is 3.71. The summed E-state index contributed by atoms with van der Waals surface area (Å²) in [5, 5.41) is 2.12. The van der Waals surface area contributed by atoms with Crippen molar-refractivity contribution in [3.05, 3.63) is 187 Å². The van der Waals surface area contributed by atoms with Gasteiger partial charge in [0.15, 0.2) is 0 Å². The third kappa shape index (κ3) is 6.78. The predicted octanol–water partition coefficient (Wildman–Crippen LogP) is 12.1. The van der Waals surface area contributed by atoms with E-state index in [1.807, 2.05) is 83.8 Å². The van der Waals surface area contributed by atoms with Crippen molar-refractivity contribution in [2.45, 2.75) is 32.6 Å². The summed E-state index contributed by atoms with van der Waals surface area (Å²) in [6.07, 6.45) is 2.41. The molecule has 276 valence electrons. The van der Waals surface area contributed by atoms with Crippen molar-refractivity contribution in [3.8, 4) is 17.3 Å². The van der Waals surface area contributed by atoms with Gasteiger partial charge in [-0.1, -0.05) is 93.0 Å². The first kappa shape index (κ1) is 36.2. The van der Waals surface area contributed by atoms with Crippen LogP contribution in [0.2, 0.25) is 0 Å². The zero-order valence-electron chi connectivity index (χ0n) is 30.3. The minimum absolute atomic E-state index is 0. The largest absolute Gasteiger partial charge is 0.509 e. The van der Waals surface area contributed by atoms with Crippen LogP contribution in [0.15, 0.2) is 140 Å². The van der Waals surface area contributed by atoms with E-state index in [4.69, 9.17) is 4.74 Å². The monoisotopic (exact) mass is 904 g/mol. The number of benzene rings is 6. The van der Waals surface area contributed by atoms with Gasteiger partial charge in [0.1, 0.15) is 17.5 Å². The van der Waals surface area contributed by atoms with Gasteiger partial charge in [-0.3, -0.25) is 0 Å². The van der Waals surface area contributed by atoms with Gasteiger partial charge in [-0.05, 0) is 70.8 Å². The molecule has 8 aromatic rings. The summed E-state index contributed by atoms with van der Waals surface area (Å²) < 4.78 is 39.6. The minimum atomic E-state index is -0.653. The van der Waals surface area contributed by atoms with Crippen molar-refractivity contribution < 1.29 is 34.6 Å². The molecular formula is C47H35F2N4OPt-3. The van der Waals surface area contributed by atoms with E-state index in [2.05, 4.69) is 78.9 Å². The normalized spacial score (nSPS) is 12.6. The van der Waals surface area contributed by atoms with Gasteiger partial charge in [-0.2, -0.15) is 6.07 Å². The van der Waals surface area contributed by atoms with Gasteiger partial charge >= 0.3 is 0 Å². The molecule has 55 heavy (non-hydrogen) atoms. The maximum Gasteiger partial charge on any atom is 0.147 e. The molecule has 1 aliphatic heterocycles. The summed E-state index contributed by atoms with van der Waals surface area (Å²) in [4.78, 5) is 8.16. The Morgan fingerprint density at radius 3 is 2.20 bits per heavy atom. The molecule has 0 saturated heterocycles. The van der Waals surface area contributed by atoms with Gasteiger partial charge in [-0.15, -0.1) is 53.6 Å². The molecule has 0 unspecified atom stereocenters. The number of pyridine rings is 1. The Balaban J connectivity index is 0.00000427. The van der Waals surface area contributed by atoms with Crippen LogP contribution in [0.1, 0.15) is 37.5 Å². The Morgan fingerprint density at radius 1 is 0.673 bits per heavy atom. The van der Waals surface area contributed by atoms with Crippen LogP contribution in [0.4, 0.5) is 31.5 Å². The van der Waals surface area contributed by atoms with Gasteiger partial charge in [0.25, 0.3) is 0 Å². The van der Waals surface area contributed by atoms with Crippen LogP contribution in [0, 0.1) is 30.4 Å². The van der Waals surface area contributed by atoms with E-state index in [9.17, 15) is 0 Å². The Bertz CT molecular complexity index is 2650. The summed E-state index contributed by atoms with van der Waals surface area (Å²) in [7, 11) is 0. The first-order valence-corrected chi connectivity index (χ1v) is 17.9. The first-order valence-electron chi connectivity index (χ1n) is 17.9. The number of hydrogen-bond acceptors (Lipinski definition) is 4. The molecule has 8 heteroatoms. The van der Waals surface area contributed by atoms with Gasteiger partial charge < -0.3 is 19.1 Å². The zero-order chi connectivity index (χ0) is 37.0. The van der Waals surface area contributed by atoms with Crippen LogP contribution in [0.5, 0.6) is 11.5 Å². The third-order valence-electron chi connectivity index (χ3n) is 9.83. The van der Waals surface area contributed by atoms with Crippen molar-refractivity contribution in [3.63, 3.8) is 0 Å². The van der Waals surface area contributed by atoms with Crippen LogP contribution >= 0.6 is 0 Å². The van der Waals surface area contributed by atoms with Gasteiger partial charge in [0.05, 0.1) is 5.69 Å². The molecule has 1 aliphatic rings. The van der Waals surface area contributed by atoms with Crippen molar-refractivity contribution in [2.24, 2.45) is 0 Å².